The minimum absolute atomic E-state index is 0.335. The lowest BCUT2D eigenvalue weighted by Gasteiger charge is -2.10. The van der Waals surface area contributed by atoms with Crippen molar-refractivity contribution >= 4 is 10.9 Å². The molecule has 1 aromatic heterocycles. The largest absolute Gasteiger partial charge is 0.495 e. The van der Waals surface area contributed by atoms with Gasteiger partial charge in [0.1, 0.15) is 17.4 Å². The van der Waals surface area contributed by atoms with Gasteiger partial charge in [-0.25, -0.2) is 0 Å². The van der Waals surface area contributed by atoms with Crippen molar-refractivity contribution in [3.8, 4) is 11.8 Å². The lowest BCUT2D eigenvalue weighted by Crippen LogP contribution is -2.13. The van der Waals surface area contributed by atoms with Gasteiger partial charge in [-0.3, -0.25) is 0 Å². The zero-order valence-corrected chi connectivity index (χ0v) is 12.1. The van der Waals surface area contributed by atoms with E-state index < -0.39 is 6.29 Å². The Kier molecular flexibility index (Phi) is 3.98. The highest BCUT2D eigenvalue weighted by molar-refractivity contribution is 5.92. The molecular formula is C15H18N2O3. The number of rotatable bonds is 4. The van der Waals surface area contributed by atoms with E-state index in [4.69, 9.17) is 9.47 Å². The van der Waals surface area contributed by atoms with Crippen molar-refractivity contribution in [2.24, 2.45) is 7.05 Å². The van der Waals surface area contributed by atoms with E-state index in [-0.39, 0.29) is 0 Å². The number of aliphatic hydroxyl groups is 1. The second kappa shape index (κ2) is 5.53. The molecule has 5 heteroatoms. The van der Waals surface area contributed by atoms with Gasteiger partial charge in [-0.15, -0.1) is 0 Å². The Labute approximate surface area is 118 Å². The molecular weight excluding hydrogens is 256 g/mol. The van der Waals surface area contributed by atoms with Crippen molar-refractivity contribution in [1.29, 1.82) is 5.26 Å². The molecule has 0 spiro atoms. The molecule has 0 aliphatic carbocycles. The predicted octanol–water partition coefficient (Wildman–Crippen LogP) is 1.87. The standard InChI is InChI=1S/C15H18N2O3/c1-9-10(7-14(18)20-4)15-11(8-16)13(19-3)6-5-12(15)17(9)2/h5-6,14,18H,7H2,1-4H3. The molecule has 20 heavy (non-hydrogen) atoms. The number of methoxy groups -OCH3 is 2. The molecule has 0 radical (unpaired) electrons. The van der Waals surface area contributed by atoms with Gasteiger partial charge in [0.15, 0.2) is 6.29 Å². The SMILES string of the molecule is COc1ccc2c(c1C#N)c(CC(O)OC)c(C)n2C. The number of hydrogen-bond acceptors (Lipinski definition) is 4. The number of nitrogens with zero attached hydrogens (tertiary/aromatic N) is 2. The Bertz CT molecular complexity index is 683. The van der Waals surface area contributed by atoms with Crippen LogP contribution < -0.4 is 4.74 Å². The molecule has 0 saturated heterocycles. The first kappa shape index (κ1) is 14.4. The number of aryl methyl sites for hydroxylation is 1. The minimum Gasteiger partial charge on any atom is -0.495 e. The van der Waals surface area contributed by atoms with E-state index in [9.17, 15) is 10.4 Å². The van der Waals surface area contributed by atoms with Crippen molar-refractivity contribution in [3.63, 3.8) is 0 Å². The summed E-state index contributed by atoms with van der Waals surface area (Å²) in [6, 6.07) is 5.91. The first-order valence-corrected chi connectivity index (χ1v) is 6.31. The fourth-order valence-electron chi connectivity index (χ4n) is 2.51. The van der Waals surface area contributed by atoms with Crippen molar-refractivity contribution in [3.05, 3.63) is 29.0 Å². The molecule has 0 aliphatic rings. The number of benzene rings is 1. The molecule has 0 fully saturated rings. The number of fused-ring (bicyclic) bond motifs is 1. The first-order chi connectivity index (χ1) is 9.54. The first-order valence-electron chi connectivity index (χ1n) is 6.31. The molecule has 1 atom stereocenters. The topological polar surface area (TPSA) is 67.4 Å². The van der Waals surface area contributed by atoms with E-state index in [1.807, 2.05) is 24.6 Å². The van der Waals surface area contributed by atoms with E-state index in [0.717, 1.165) is 22.2 Å². The van der Waals surface area contributed by atoms with Crippen LogP contribution in [0.5, 0.6) is 5.75 Å². The quantitative estimate of drug-likeness (QED) is 0.864. The molecule has 0 aliphatic heterocycles. The highest BCUT2D eigenvalue weighted by Gasteiger charge is 2.20. The molecule has 2 aromatic rings. The number of aliphatic hydroxyl groups excluding tert-OH is 1. The Morgan fingerprint density at radius 3 is 2.65 bits per heavy atom. The Morgan fingerprint density at radius 2 is 2.10 bits per heavy atom. The van der Waals surface area contributed by atoms with E-state index in [1.165, 1.54) is 7.11 Å². The average molecular weight is 274 g/mol. The third-order valence-electron chi connectivity index (χ3n) is 3.73. The molecule has 2 rings (SSSR count). The zero-order chi connectivity index (χ0) is 14.9. The lowest BCUT2D eigenvalue weighted by molar-refractivity contribution is -0.0719. The molecule has 106 valence electrons. The minimum atomic E-state index is -0.892. The number of aromatic nitrogens is 1. The van der Waals surface area contributed by atoms with Crippen LogP contribution in [0.4, 0.5) is 0 Å². The van der Waals surface area contributed by atoms with Crippen LogP contribution >= 0.6 is 0 Å². The van der Waals surface area contributed by atoms with Gasteiger partial charge >= 0.3 is 0 Å². The van der Waals surface area contributed by atoms with Gasteiger partial charge < -0.3 is 19.1 Å². The maximum atomic E-state index is 9.75. The van der Waals surface area contributed by atoms with Crippen LogP contribution in [0.3, 0.4) is 0 Å². The number of nitriles is 1. The van der Waals surface area contributed by atoms with Crippen molar-refractivity contribution < 1.29 is 14.6 Å². The molecule has 0 amide bonds. The molecule has 5 nitrogen and oxygen atoms in total. The van der Waals surface area contributed by atoms with E-state index >= 15 is 0 Å². The van der Waals surface area contributed by atoms with Crippen LogP contribution in [0.1, 0.15) is 16.8 Å². The fourth-order valence-corrected chi connectivity index (χ4v) is 2.51. The summed E-state index contributed by atoms with van der Waals surface area (Å²) in [5.41, 5.74) is 3.35. The van der Waals surface area contributed by atoms with Crippen LogP contribution in [0.15, 0.2) is 12.1 Å². The summed E-state index contributed by atoms with van der Waals surface area (Å²) in [5, 5.41) is 20.0. The van der Waals surface area contributed by atoms with Gasteiger partial charge in [-0.05, 0) is 24.6 Å². The van der Waals surface area contributed by atoms with Crippen molar-refractivity contribution in [1.82, 2.24) is 4.57 Å². The predicted molar refractivity (Wildman–Crippen MR) is 75.6 cm³/mol. The summed E-state index contributed by atoms with van der Waals surface area (Å²) in [7, 11) is 4.94. The van der Waals surface area contributed by atoms with Gasteiger partial charge in [0.2, 0.25) is 0 Å². The molecule has 0 saturated carbocycles. The van der Waals surface area contributed by atoms with Crippen molar-refractivity contribution in [2.75, 3.05) is 14.2 Å². The van der Waals surface area contributed by atoms with E-state index in [2.05, 4.69) is 6.07 Å². The normalized spacial score (nSPS) is 12.4. The molecule has 1 aromatic carbocycles. The second-order valence-corrected chi connectivity index (χ2v) is 4.67. The summed E-state index contributed by atoms with van der Waals surface area (Å²) >= 11 is 0. The van der Waals surface area contributed by atoms with Crippen LogP contribution in [0.25, 0.3) is 10.9 Å². The van der Waals surface area contributed by atoms with Gasteiger partial charge in [0.05, 0.1) is 7.11 Å². The molecule has 0 bridgehead atoms. The highest BCUT2D eigenvalue weighted by Crippen LogP contribution is 2.34. The summed E-state index contributed by atoms with van der Waals surface area (Å²) in [6.07, 6.45) is -0.557. The lowest BCUT2D eigenvalue weighted by atomic mass is 10.0. The van der Waals surface area contributed by atoms with Gasteiger partial charge in [0, 0.05) is 37.2 Å². The Hall–Kier alpha value is -2.03. The number of hydrogen-bond donors (Lipinski definition) is 1. The maximum Gasteiger partial charge on any atom is 0.158 e. The van der Waals surface area contributed by atoms with Gasteiger partial charge in [-0.2, -0.15) is 5.26 Å². The van der Waals surface area contributed by atoms with Crippen LogP contribution in [-0.2, 0) is 18.2 Å². The monoisotopic (exact) mass is 274 g/mol. The summed E-state index contributed by atoms with van der Waals surface area (Å²) in [5.74, 6) is 0.541. The highest BCUT2D eigenvalue weighted by atomic mass is 16.6. The second-order valence-electron chi connectivity index (χ2n) is 4.67. The van der Waals surface area contributed by atoms with Crippen LogP contribution in [0, 0.1) is 18.3 Å². The van der Waals surface area contributed by atoms with E-state index in [1.54, 1.807) is 13.2 Å². The third-order valence-corrected chi connectivity index (χ3v) is 3.73. The van der Waals surface area contributed by atoms with Gasteiger partial charge in [0.25, 0.3) is 0 Å². The fraction of sp³-hybridized carbons (Fsp3) is 0.400. The van der Waals surface area contributed by atoms with E-state index in [0.29, 0.717) is 17.7 Å². The van der Waals surface area contributed by atoms with Crippen LogP contribution in [0.2, 0.25) is 0 Å². The summed E-state index contributed by atoms with van der Waals surface area (Å²) in [4.78, 5) is 0. The van der Waals surface area contributed by atoms with Gasteiger partial charge in [-0.1, -0.05) is 0 Å². The smallest absolute Gasteiger partial charge is 0.158 e. The zero-order valence-electron chi connectivity index (χ0n) is 12.1. The average Bonchev–Trinajstić information content (AvgIpc) is 2.71. The summed E-state index contributed by atoms with van der Waals surface area (Å²) in [6.45, 7) is 1.96. The number of ether oxygens (including phenoxy) is 2. The summed E-state index contributed by atoms with van der Waals surface area (Å²) < 4.78 is 12.2. The third kappa shape index (κ3) is 2.13. The Morgan fingerprint density at radius 1 is 1.40 bits per heavy atom. The van der Waals surface area contributed by atoms with Crippen molar-refractivity contribution in [2.45, 2.75) is 19.6 Å². The Balaban J connectivity index is 2.79. The molecule has 1 heterocycles. The molecule has 1 unspecified atom stereocenters. The van der Waals surface area contributed by atoms with Crippen LogP contribution in [-0.4, -0.2) is 30.2 Å². The molecule has 1 N–H and O–H groups in total. The maximum absolute atomic E-state index is 9.75.